The van der Waals surface area contributed by atoms with E-state index in [1.54, 1.807) is 0 Å². The van der Waals surface area contributed by atoms with E-state index in [1.807, 2.05) is 0 Å². The zero-order valence-electron chi connectivity index (χ0n) is 9.46. The summed E-state index contributed by atoms with van der Waals surface area (Å²) in [5.74, 6) is -1.02. The smallest absolute Gasteiger partial charge is 0.407 e. The molecule has 1 aliphatic heterocycles. The van der Waals surface area contributed by atoms with E-state index in [-0.39, 0.29) is 31.9 Å². The predicted octanol–water partition coefficient (Wildman–Crippen LogP) is 0.370. The van der Waals surface area contributed by atoms with Gasteiger partial charge >= 0.3 is 12.1 Å². The van der Waals surface area contributed by atoms with Crippen molar-refractivity contribution in [2.45, 2.75) is 12.5 Å². The van der Waals surface area contributed by atoms with E-state index in [9.17, 15) is 9.59 Å². The summed E-state index contributed by atoms with van der Waals surface area (Å²) >= 11 is 0. The number of carboxylic acids is 1. The van der Waals surface area contributed by atoms with Crippen LogP contribution >= 0.6 is 0 Å². The molecule has 0 aromatic rings. The molecule has 2 N–H and O–H groups in total. The van der Waals surface area contributed by atoms with Crippen LogP contribution in [0.2, 0.25) is 0 Å². The van der Waals surface area contributed by atoms with E-state index in [2.05, 4.69) is 4.74 Å². The Balaban J connectivity index is 2.65. The van der Waals surface area contributed by atoms with Crippen LogP contribution in [0.3, 0.4) is 0 Å². The fourth-order valence-corrected chi connectivity index (χ4v) is 1.63. The van der Waals surface area contributed by atoms with Crippen molar-refractivity contribution in [2.75, 3.05) is 27.1 Å². The lowest BCUT2D eigenvalue weighted by atomic mass is 10.0. The first-order chi connectivity index (χ1) is 8.06. The molecule has 1 aliphatic rings. The van der Waals surface area contributed by atoms with Crippen LogP contribution in [0, 0.1) is 0 Å². The highest BCUT2D eigenvalue weighted by Gasteiger charge is 2.29. The van der Waals surface area contributed by atoms with E-state index in [0.29, 0.717) is 0 Å². The normalized spacial score (nSPS) is 19.9. The van der Waals surface area contributed by atoms with Crippen molar-refractivity contribution < 1.29 is 29.3 Å². The minimum Gasteiger partial charge on any atom is -0.478 e. The molecular weight excluding hydrogens is 230 g/mol. The molecule has 0 aromatic heterocycles. The summed E-state index contributed by atoms with van der Waals surface area (Å²) in [4.78, 5) is 22.9. The van der Waals surface area contributed by atoms with Gasteiger partial charge in [0.1, 0.15) is 6.79 Å². The summed E-state index contributed by atoms with van der Waals surface area (Å²) in [6.45, 7) is 0.235. The number of ether oxygens (including phenoxy) is 2. The number of aliphatic carboxylic acids is 1. The topological polar surface area (TPSA) is 96.3 Å². The van der Waals surface area contributed by atoms with Crippen LogP contribution in [0.1, 0.15) is 6.42 Å². The van der Waals surface area contributed by atoms with Gasteiger partial charge in [-0.2, -0.15) is 0 Å². The molecule has 0 fully saturated rings. The molecule has 1 atom stereocenters. The van der Waals surface area contributed by atoms with Gasteiger partial charge in [0, 0.05) is 25.6 Å². The van der Waals surface area contributed by atoms with Gasteiger partial charge in [0.25, 0.3) is 0 Å². The van der Waals surface area contributed by atoms with E-state index >= 15 is 0 Å². The molecule has 0 aromatic carbocycles. The Morgan fingerprint density at radius 3 is 2.76 bits per heavy atom. The molecule has 7 nitrogen and oxygen atoms in total. The van der Waals surface area contributed by atoms with Crippen molar-refractivity contribution in [1.29, 1.82) is 0 Å². The van der Waals surface area contributed by atoms with Crippen molar-refractivity contribution in [3.63, 3.8) is 0 Å². The first-order valence-electron chi connectivity index (χ1n) is 5.04. The largest absolute Gasteiger partial charge is 0.478 e. The molecule has 1 rings (SSSR count). The standard InChI is InChI=1S/C10H15NO6/c1-16-6-17-5-8-4-7(9(12)13)2-3-11(8)10(14)15/h2,8H,3-6H2,1H3,(H,12,13)(H,14,15)/t8-/m1/s1. The lowest BCUT2D eigenvalue weighted by Gasteiger charge is -2.31. The summed E-state index contributed by atoms with van der Waals surface area (Å²) in [5, 5.41) is 17.8. The Labute approximate surface area is 98.2 Å². The maximum Gasteiger partial charge on any atom is 0.407 e. The maximum atomic E-state index is 10.9. The van der Waals surface area contributed by atoms with Crippen LogP contribution in [0.25, 0.3) is 0 Å². The van der Waals surface area contributed by atoms with Gasteiger partial charge in [-0.25, -0.2) is 9.59 Å². The molecule has 0 spiro atoms. The van der Waals surface area contributed by atoms with Crippen molar-refractivity contribution >= 4 is 12.1 Å². The van der Waals surface area contributed by atoms with Gasteiger partial charge in [0.05, 0.1) is 12.6 Å². The van der Waals surface area contributed by atoms with Crippen LogP contribution in [-0.2, 0) is 14.3 Å². The highest BCUT2D eigenvalue weighted by molar-refractivity contribution is 5.87. The Morgan fingerprint density at radius 2 is 2.24 bits per heavy atom. The molecule has 7 heteroatoms. The van der Waals surface area contributed by atoms with Gasteiger partial charge in [0.2, 0.25) is 0 Å². The van der Waals surface area contributed by atoms with E-state index in [4.69, 9.17) is 14.9 Å². The second kappa shape index (κ2) is 6.21. The number of rotatable bonds is 5. The molecule has 0 bridgehead atoms. The summed E-state index contributed by atoms with van der Waals surface area (Å²) in [7, 11) is 1.46. The molecule has 0 saturated heterocycles. The summed E-state index contributed by atoms with van der Waals surface area (Å²) in [6.07, 6.45) is 0.464. The number of nitrogens with zero attached hydrogens (tertiary/aromatic N) is 1. The monoisotopic (exact) mass is 245 g/mol. The number of hydrogen-bond donors (Lipinski definition) is 2. The third-order valence-corrected chi connectivity index (χ3v) is 2.46. The van der Waals surface area contributed by atoms with E-state index < -0.39 is 18.1 Å². The molecule has 0 aliphatic carbocycles. The van der Waals surface area contributed by atoms with Gasteiger partial charge in [-0.3, -0.25) is 4.90 Å². The van der Waals surface area contributed by atoms with Crippen molar-refractivity contribution in [3.05, 3.63) is 11.6 Å². The summed E-state index contributed by atoms with van der Waals surface area (Å²) < 4.78 is 9.77. The molecule has 0 unspecified atom stereocenters. The van der Waals surface area contributed by atoms with E-state index in [1.165, 1.54) is 13.2 Å². The molecule has 1 amide bonds. The zero-order chi connectivity index (χ0) is 12.8. The molecule has 1 heterocycles. The fourth-order valence-electron chi connectivity index (χ4n) is 1.63. The number of hydrogen-bond acceptors (Lipinski definition) is 4. The number of carboxylic acid groups (broad SMARTS) is 2. The highest BCUT2D eigenvalue weighted by Crippen LogP contribution is 2.18. The highest BCUT2D eigenvalue weighted by atomic mass is 16.7. The first kappa shape index (κ1) is 13.5. The Hall–Kier alpha value is -1.60. The molecule has 0 radical (unpaired) electrons. The van der Waals surface area contributed by atoms with Gasteiger partial charge in [-0.1, -0.05) is 6.08 Å². The predicted molar refractivity (Wildman–Crippen MR) is 56.7 cm³/mol. The minimum atomic E-state index is -1.09. The fraction of sp³-hybridized carbons (Fsp3) is 0.600. The van der Waals surface area contributed by atoms with Crippen LogP contribution in [0.15, 0.2) is 11.6 Å². The summed E-state index contributed by atoms with van der Waals surface area (Å²) in [6, 6.07) is -0.487. The molecule has 17 heavy (non-hydrogen) atoms. The van der Waals surface area contributed by atoms with Gasteiger partial charge in [-0.05, 0) is 0 Å². The van der Waals surface area contributed by atoms with Crippen LogP contribution in [-0.4, -0.2) is 60.3 Å². The van der Waals surface area contributed by atoms with Crippen molar-refractivity contribution in [2.24, 2.45) is 0 Å². The molecule has 0 saturated carbocycles. The van der Waals surface area contributed by atoms with Gasteiger partial charge in [0.15, 0.2) is 0 Å². The van der Waals surface area contributed by atoms with Crippen LogP contribution in [0.5, 0.6) is 0 Å². The SMILES string of the molecule is COCOC[C@H]1CC(C(=O)O)=CCN1C(=O)O. The number of carbonyl (C=O) groups is 2. The second-order valence-electron chi connectivity index (χ2n) is 3.60. The lowest BCUT2D eigenvalue weighted by Crippen LogP contribution is -2.45. The zero-order valence-corrected chi connectivity index (χ0v) is 9.46. The van der Waals surface area contributed by atoms with Crippen LogP contribution in [0.4, 0.5) is 4.79 Å². The van der Waals surface area contributed by atoms with Crippen LogP contribution < -0.4 is 0 Å². The number of amides is 1. The second-order valence-corrected chi connectivity index (χ2v) is 3.60. The Kier molecular flexibility index (Phi) is 4.92. The number of methoxy groups -OCH3 is 1. The lowest BCUT2D eigenvalue weighted by molar-refractivity contribution is -0.133. The average molecular weight is 245 g/mol. The molecular formula is C10H15NO6. The third-order valence-electron chi connectivity index (χ3n) is 2.46. The minimum absolute atomic E-state index is 0.0517. The van der Waals surface area contributed by atoms with E-state index in [0.717, 1.165) is 4.90 Å². The van der Waals surface area contributed by atoms with Crippen molar-refractivity contribution in [3.8, 4) is 0 Å². The Morgan fingerprint density at radius 1 is 1.53 bits per heavy atom. The average Bonchev–Trinajstić information content (AvgIpc) is 2.28. The van der Waals surface area contributed by atoms with Crippen molar-refractivity contribution in [1.82, 2.24) is 4.90 Å². The maximum absolute atomic E-state index is 10.9. The Bertz CT molecular complexity index is 327. The van der Waals surface area contributed by atoms with Gasteiger partial charge in [-0.15, -0.1) is 0 Å². The third kappa shape index (κ3) is 3.72. The quantitative estimate of drug-likeness (QED) is 0.536. The summed E-state index contributed by atoms with van der Waals surface area (Å²) in [5.41, 5.74) is 0.216. The molecule has 96 valence electrons. The van der Waals surface area contributed by atoms with Gasteiger partial charge < -0.3 is 19.7 Å². The first-order valence-corrected chi connectivity index (χ1v) is 5.04.